The Kier molecular flexibility index (Phi) is 11.5. The number of nitrogens with one attached hydrogen (secondary N) is 4. The molecule has 3 rings (SSSR count). The van der Waals surface area contributed by atoms with Gasteiger partial charge in [-0.3, -0.25) is 9.59 Å². The van der Waals surface area contributed by atoms with Gasteiger partial charge in [-0.1, -0.05) is 50.2 Å². The number of carboxylic acid groups (broad SMARTS) is 1. The first-order chi connectivity index (χ1) is 18.1. The number of amides is 3. The molecule has 0 saturated carbocycles. The summed E-state index contributed by atoms with van der Waals surface area (Å²) in [5.41, 5.74) is 3.17. The number of carbonyl (C=O) groups is 3. The van der Waals surface area contributed by atoms with E-state index in [2.05, 4.69) is 20.7 Å². The zero-order chi connectivity index (χ0) is 28.1. The van der Waals surface area contributed by atoms with Crippen molar-refractivity contribution < 1.29 is 27.9 Å². The number of carbonyl (C=O) groups excluding carboxylic acids is 2. The lowest BCUT2D eigenvalue weighted by Crippen LogP contribution is -2.26. The first kappa shape index (κ1) is 30.0. The smallest absolute Gasteiger partial charge is 0.323 e. The fraction of sp³-hybridized carbons (Fsp3) is 0.222. The Morgan fingerprint density at radius 3 is 2.16 bits per heavy atom. The molecule has 0 heterocycles. The van der Waals surface area contributed by atoms with Gasteiger partial charge in [-0.25, -0.2) is 17.9 Å². The average Bonchev–Trinajstić information content (AvgIpc) is 2.87. The van der Waals surface area contributed by atoms with Crippen molar-refractivity contribution in [3.63, 3.8) is 0 Å². The molecule has 0 radical (unpaired) electrons. The first-order valence-electron chi connectivity index (χ1n) is 12.0. The number of aliphatic carboxylic acids is 1. The topological polar surface area (TPSA) is 154 Å². The van der Waals surface area contributed by atoms with Gasteiger partial charge in [0.05, 0.1) is 17.7 Å². The van der Waals surface area contributed by atoms with Gasteiger partial charge >= 0.3 is 12.0 Å². The molecule has 38 heavy (non-hydrogen) atoms. The molecule has 3 aromatic carbocycles. The average molecular weight is 541 g/mol. The molecular formula is C27H32N4O6S. The number of urea groups is 1. The highest BCUT2D eigenvalue weighted by Crippen LogP contribution is 2.17. The van der Waals surface area contributed by atoms with E-state index in [1.54, 1.807) is 36.4 Å². The maximum absolute atomic E-state index is 12.5. The molecule has 0 aliphatic carbocycles. The molecule has 5 N–H and O–H groups in total. The number of hydrogen-bond acceptors (Lipinski definition) is 5. The summed E-state index contributed by atoms with van der Waals surface area (Å²) in [5.74, 6) is -1.48. The van der Waals surface area contributed by atoms with E-state index in [1.807, 2.05) is 39.0 Å². The molecule has 0 aliphatic heterocycles. The van der Waals surface area contributed by atoms with Crippen molar-refractivity contribution in [2.45, 2.75) is 38.5 Å². The van der Waals surface area contributed by atoms with Crippen LogP contribution >= 0.6 is 0 Å². The van der Waals surface area contributed by atoms with Crippen molar-refractivity contribution in [3.8, 4) is 0 Å². The Balaban J connectivity index is 0.00000247. The minimum atomic E-state index is -3.91. The molecule has 10 nitrogen and oxygen atoms in total. The molecule has 202 valence electrons. The van der Waals surface area contributed by atoms with E-state index < -0.39 is 16.0 Å². The summed E-state index contributed by atoms with van der Waals surface area (Å²) < 4.78 is 26.8. The molecule has 0 fully saturated rings. The summed E-state index contributed by atoms with van der Waals surface area (Å²) in [6.07, 6.45) is -0.315. The van der Waals surface area contributed by atoms with Gasteiger partial charge in [0.2, 0.25) is 15.9 Å². The molecular weight excluding hydrogens is 508 g/mol. The van der Waals surface area contributed by atoms with Crippen molar-refractivity contribution in [3.05, 3.63) is 83.9 Å². The number of para-hydroxylation sites is 1. The Morgan fingerprint density at radius 2 is 1.50 bits per heavy atom. The predicted molar refractivity (Wildman–Crippen MR) is 148 cm³/mol. The van der Waals surface area contributed by atoms with Crippen LogP contribution in [0.4, 0.5) is 21.9 Å². The van der Waals surface area contributed by atoms with Gasteiger partial charge in [0.25, 0.3) is 0 Å². The molecule has 0 atom stereocenters. The Morgan fingerprint density at radius 1 is 0.816 bits per heavy atom. The fourth-order valence-electron chi connectivity index (χ4n) is 3.21. The van der Waals surface area contributed by atoms with Crippen LogP contribution in [0.2, 0.25) is 0 Å². The SMILES string of the molecule is CC.Cc1ccccc1NC(=O)Nc1ccc(CC(=O)Nc2cccc(S(=O)(=O)NCCC(=O)O)c2)cc1. The molecule has 0 aromatic heterocycles. The summed E-state index contributed by atoms with van der Waals surface area (Å²) in [7, 11) is -3.91. The van der Waals surface area contributed by atoms with E-state index in [4.69, 9.17) is 5.11 Å². The van der Waals surface area contributed by atoms with Gasteiger partial charge in [0, 0.05) is 23.6 Å². The van der Waals surface area contributed by atoms with Crippen LogP contribution in [0.1, 0.15) is 31.4 Å². The zero-order valence-corrected chi connectivity index (χ0v) is 22.3. The van der Waals surface area contributed by atoms with Crippen LogP contribution in [0.15, 0.2) is 77.7 Å². The second-order valence-electron chi connectivity index (χ2n) is 7.89. The number of aryl methyl sites for hydroxylation is 1. The van der Waals surface area contributed by atoms with Crippen molar-refractivity contribution >= 4 is 45.0 Å². The van der Waals surface area contributed by atoms with Gasteiger partial charge < -0.3 is 21.1 Å². The van der Waals surface area contributed by atoms with E-state index in [0.29, 0.717) is 16.9 Å². The van der Waals surface area contributed by atoms with Crippen LogP contribution in [0, 0.1) is 6.92 Å². The first-order valence-corrected chi connectivity index (χ1v) is 13.4. The summed E-state index contributed by atoms with van der Waals surface area (Å²) in [6, 6.07) is 19.5. The highest BCUT2D eigenvalue weighted by atomic mass is 32.2. The number of carboxylic acids is 1. The minimum absolute atomic E-state index is 0.0313. The molecule has 0 aliphatic rings. The second kappa shape index (κ2) is 14.5. The number of sulfonamides is 1. The van der Waals surface area contributed by atoms with Crippen LogP contribution < -0.4 is 20.7 Å². The second-order valence-corrected chi connectivity index (χ2v) is 9.65. The van der Waals surface area contributed by atoms with E-state index in [0.717, 1.165) is 5.56 Å². The third-order valence-electron chi connectivity index (χ3n) is 5.03. The normalized spacial score (nSPS) is 10.5. The lowest BCUT2D eigenvalue weighted by Gasteiger charge is -2.11. The standard InChI is InChI=1S/C25H26N4O6S.C2H6/c1-17-5-2-3-8-22(17)29-25(33)28-19-11-9-18(10-12-19)15-23(30)27-20-6-4-7-21(16-20)36(34,35)26-14-13-24(31)32;1-2/h2-12,16,26H,13-15H2,1H3,(H,27,30)(H,31,32)(H2,28,29,33);1-2H3. The minimum Gasteiger partial charge on any atom is -0.481 e. The monoisotopic (exact) mass is 540 g/mol. The highest BCUT2D eigenvalue weighted by Gasteiger charge is 2.15. The van der Waals surface area contributed by atoms with Crippen LogP contribution in [0.25, 0.3) is 0 Å². The maximum atomic E-state index is 12.5. The van der Waals surface area contributed by atoms with Gasteiger partial charge in [-0.05, 0) is 54.4 Å². The molecule has 0 unspecified atom stereocenters. The summed E-state index contributed by atoms with van der Waals surface area (Å²) in [6.45, 7) is 5.65. The van der Waals surface area contributed by atoms with Gasteiger partial charge in [0.1, 0.15) is 0 Å². The zero-order valence-electron chi connectivity index (χ0n) is 21.4. The van der Waals surface area contributed by atoms with Crippen LogP contribution in [-0.2, 0) is 26.0 Å². The van der Waals surface area contributed by atoms with Gasteiger partial charge in [-0.2, -0.15) is 0 Å². The number of rotatable bonds is 10. The Bertz CT molecular complexity index is 1360. The van der Waals surface area contributed by atoms with Crippen molar-refractivity contribution in [1.82, 2.24) is 4.72 Å². The molecule has 0 bridgehead atoms. The molecule has 3 aromatic rings. The highest BCUT2D eigenvalue weighted by molar-refractivity contribution is 7.89. The summed E-state index contributed by atoms with van der Waals surface area (Å²) in [5, 5.41) is 16.8. The van der Waals surface area contributed by atoms with Crippen molar-refractivity contribution in [2.75, 3.05) is 22.5 Å². The number of anilines is 3. The third kappa shape index (κ3) is 9.68. The van der Waals surface area contributed by atoms with Gasteiger partial charge in [-0.15, -0.1) is 0 Å². The number of benzene rings is 3. The van der Waals surface area contributed by atoms with E-state index in [9.17, 15) is 22.8 Å². The van der Waals surface area contributed by atoms with Crippen molar-refractivity contribution in [1.29, 1.82) is 0 Å². The number of hydrogen-bond donors (Lipinski definition) is 5. The molecule has 3 amide bonds. The maximum Gasteiger partial charge on any atom is 0.323 e. The van der Waals surface area contributed by atoms with E-state index >= 15 is 0 Å². The van der Waals surface area contributed by atoms with Crippen LogP contribution in [0.5, 0.6) is 0 Å². The van der Waals surface area contributed by atoms with Gasteiger partial charge in [0.15, 0.2) is 0 Å². The Hall–Kier alpha value is -4.22. The third-order valence-corrected chi connectivity index (χ3v) is 6.49. The Labute approximate surface area is 222 Å². The van der Waals surface area contributed by atoms with E-state index in [1.165, 1.54) is 18.2 Å². The molecule has 0 saturated heterocycles. The fourth-order valence-corrected chi connectivity index (χ4v) is 4.29. The molecule has 0 spiro atoms. The lowest BCUT2D eigenvalue weighted by molar-refractivity contribution is -0.136. The lowest BCUT2D eigenvalue weighted by atomic mass is 10.1. The van der Waals surface area contributed by atoms with E-state index in [-0.39, 0.29) is 41.9 Å². The predicted octanol–water partition coefficient (Wildman–Crippen LogP) is 4.60. The van der Waals surface area contributed by atoms with Crippen LogP contribution in [0.3, 0.4) is 0 Å². The van der Waals surface area contributed by atoms with Crippen molar-refractivity contribution in [2.24, 2.45) is 0 Å². The summed E-state index contributed by atoms with van der Waals surface area (Å²) in [4.78, 5) is 35.2. The van der Waals surface area contributed by atoms with Crippen LogP contribution in [-0.4, -0.2) is 38.0 Å². The quantitative estimate of drug-likeness (QED) is 0.253. The molecule has 11 heteroatoms. The largest absolute Gasteiger partial charge is 0.481 e. The summed E-state index contributed by atoms with van der Waals surface area (Å²) >= 11 is 0.